The lowest BCUT2D eigenvalue weighted by Gasteiger charge is -2.36. The summed E-state index contributed by atoms with van der Waals surface area (Å²) in [5.41, 5.74) is -0.0394. The van der Waals surface area contributed by atoms with E-state index in [9.17, 15) is 5.11 Å². The number of benzene rings is 1. The zero-order chi connectivity index (χ0) is 16.9. The lowest BCUT2D eigenvalue weighted by molar-refractivity contribution is -0.921. The largest absolute Gasteiger partial charge is 1.00 e. The van der Waals surface area contributed by atoms with Gasteiger partial charge in [-0.05, 0) is 45.1 Å². The first-order valence-corrected chi connectivity index (χ1v) is 9.04. The van der Waals surface area contributed by atoms with Crippen LogP contribution in [-0.2, 0) is 5.60 Å². The standard InChI is InChI=1S/C21H32NO.HI/c1-5-22(4,18(2)3)17-11-16-21(23,20-14-9-10-15-20)19-12-7-6-8-13-19;/h6-8,12-13,18,20,23H,5,9-10,14-15,17H2,1-4H3;1H/q+1;/p-1. The molecule has 3 heteroatoms. The Kier molecular flexibility index (Phi) is 8.25. The lowest BCUT2D eigenvalue weighted by atomic mass is 9.80. The van der Waals surface area contributed by atoms with Crippen molar-refractivity contribution in [2.24, 2.45) is 5.92 Å². The van der Waals surface area contributed by atoms with E-state index in [1.54, 1.807) is 0 Å². The number of nitrogens with zero attached hydrogens (tertiary/aromatic N) is 1. The third-order valence-corrected chi connectivity index (χ3v) is 5.85. The Bertz CT molecular complexity index is 556. The summed E-state index contributed by atoms with van der Waals surface area (Å²) in [6.07, 6.45) is 4.56. The molecule has 1 saturated carbocycles. The number of aliphatic hydroxyl groups is 1. The van der Waals surface area contributed by atoms with Gasteiger partial charge >= 0.3 is 0 Å². The minimum Gasteiger partial charge on any atom is -1.00 e. The van der Waals surface area contributed by atoms with Gasteiger partial charge in [-0.1, -0.05) is 49.1 Å². The van der Waals surface area contributed by atoms with Crippen LogP contribution in [0.2, 0.25) is 0 Å². The van der Waals surface area contributed by atoms with Crippen LogP contribution in [0.15, 0.2) is 30.3 Å². The molecule has 2 nitrogen and oxygen atoms in total. The second kappa shape index (κ2) is 9.22. The van der Waals surface area contributed by atoms with Crippen LogP contribution in [0.3, 0.4) is 0 Å². The van der Waals surface area contributed by atoms with E-state index in [0.29, 0.717) is 6.04 Å². The van der Waals surface area contributed by atoms with Crippen molar-refractivity contribution in [1.29, 1.82) is 0 Å². The van der Waals surface area contributed by atoms with Crippen LogP contribution >= 0.6 is 0 Å². The molecule has 1 aliphatic rings. The van der Waals surface area contributed by atoms with E-state index in [1.165, 1.54) is 12.8 Å². The summed E-state index contributed by atoms with van der Waals surface area (Å²) in [7, 11) is 2.25. The molecule has 0 spiro atoms. The van der Waals surface area contributed by atoms with E-state index in [2.05, 4.69) is 39.7 Å². The molecule has 0 saturated heterocycles. The van der Waals surface area contributed by atoms with Crippen molar-refractivity contribution in [3.63, 3.8) is 0 Å². The smallest absolute Gasteiger partial charge is 0.153 e. The average Bonchev–Trinajstić information content (AvgIpc) is 3.10. The van der Waals surface area contributed by atoms with Gasteiger partial charge in [-0.3, -0.25) is 0 Å². The summed E-state index contributed by atoms with van der Waals surface area (Å²) in [6.45, 7) is 8.54. The first kappa shape index (κ1) is 21.5. The molecule has 0 aliphatic heterocycles. The van der Waals surface area contributed by atoms with Crippen LogP contribution in [0.25, 0.3) is 0 Å². The molecule has 1 aromatic carbocycles. The molecule has 2 rings (SSSR count). The summed E-state index contributed by atoms with van der Waals surface area (Å²) in [5.74, 6) is 6.90. The molecule has 1 aliphatic carbocycles. The highest BCUT2D eigenvalue weighted by Crippen LogP contribution is 2.40. The second-order valence-corrected chi connectivity index (χ2v) is 7.46. The Balaban J connectivity index is 0.00000288. The summed E-state index contributed by atoms with van der Waals surface area (Å²) in [5, 5.41) is 11.4. The normalized spacial score (nSPS) is 19.8. The molecule has 0 amide bonds. The van der Waals surface area contributed by atoms with Crippen molar-refractivity contribution >= 4 is 0 Å². The molecular weight excluding hydrogens is 409 g/mol. The zero-order valence-electron chi connectivity index (χ0n) is 15.6. The molecule has 2 unspecified atom stereocenters. The molecule has 1 N–H and O–H groups in total. The fraction of sp³-hybridized carbons (Fsp3) is 0.619. The van der Waals surface area contributed by atoms with Gasteiger partial charge in [-0.25, -0.2) is 0 Å². The molecule has 1 fully saturated rings. The topological polar surface area (TPSA) is 20.2 Å². The first-order chi connectivity index (χ1) is 10.9. The van der Waals surface area contributed by atoms with Gasteiger partial charge in [0.1, 0.15) is 6.54 Å². The van der Waals surface area contributed by atoms with Crippen molar-refractivity contribution in [3.05, 3.63) is 35.9 Å². The number of quaternary nitrogens is 1. The van der Waals surface area contributed by atoms with Gasteiger partial charge in [0.2, 0.25) is 0 Å². The van der Waals surface area contributed by atoms with Gasteiger partial charge in [0.05, 0.1) is 19.6 Å². The SMILES string of the molecule is CC[N+](C)(CC#CC(O)(c1ccccc1)C1CCCC1)C(C)C.[I-]. The van der Waals surface area contributed by atoms with E-state index in [-0.39, 0.29) is 29.9 Å². The lowest BCUT2D eigenvalue weighted by Crippen LogP contribution is -3.00. The van der Waals surface area contributed by atoms with Crippen molar-refractivity contribution in [3.8, 4) is 11.8 Å². The van der Waals surface area contributed by atoms with E-state index in [1.807, 2.05) is 30.3 Å². The molecule has 0 bridgehead atoms. The molecule has 24 heavy (non-hydrogen) atoms. The molecule has 0 aromatic heterocycles. The maximum absolute atomic E-state index is 11.4. The maximum atomic E-state index is 11.4. The van der Waals surface area contributed by atoms with Crippen LogP contribution in [0.4, 0.5) is 0 Å². The van der Waals surface area contributed by atoms with Gasteiger partial charge in [0.25, 0.3) is 0 Å². The summed E-state index contributed by atoms with van der Waals surface area (Å²) in [6, 6.07) is 10.6. The Labute approximate surface area is 165 Å². The number of halogens is 1. The Morgan fingerprint density at radius 1 is 1.21 bits per heavy atom. The van der Waals surface area contributed by atoms with Crippen LogP contribution in [0.1, 0.15) is 52.0 Å². The molecule has 134 valence electrons. The Morgan fingerprint density at radius 3 is 2.29 bits per heavy atom. The highest BCUT2D eigenvalue weighted by molar-refractivity contribution is 5.33. The summed E-state index contributed by atoms with van der Waals surface area (Å²) < 4.78 is 0.919. The van der Waals surface area contributed by atoms with Gasteiger partial charge in [0.15, 0.2) is 5.60 Å². The number of rotatable bonds is 5. The van der Waals surface area contributed by atoms with Gasteiger partial charge in [0, 0.05) is 5.92 Å². The molecule has 0 radical (unpaired) electrons. The van der Waals surface area contributed by atoms with Gasteiger partial charge < -0.3 is 33.6 Å². The summed E-state index contributed by atoms with van der Waals surface area (Å²) >= 11 is 0. The Hall–Kier alpha value is -0.570. The van der Waals surface area contributed by atoms with Crippen LogP contribution in [0, 0.1) is 17.8 Å². The van der Waals surface area contributed by atoms with Crippen molar-refractivity contribution in [2.45, 2.75) is 58.1 Å². The van der Waals surface area contributed by atoms with Gasteiger partial charge in [-0.2, -0.15) is 0 Å². The van der Waals surface area contributed by atoms with Crippen LogP contribution < -0.4 is 24.0 Å². The predicted molar refractivity (Wildman–Crippen MR) is 96.8 cm³/mol. The highest BCUT2D eigenvalue weighted by Gasteiger charge is 2.38. The molecular formula is C21H32INO. The Morgan fingerprint density at radius 2 is 1.79 bits per heavy atom. The third kappa shape index (κ3) is 4.74. The van der Waals surface area contributed by atoms with E-state index in [0.717, 1.165) is 36.0 Å². The van der Waals surface area contributed by atoms with E-state index >= 15 is 0 Å². The molecule has 1 aromatic rings. The number of hydrogen-bond donors (Lipinski definition) is 1. The van der Waals surface area contributed by atoms with Crippen molar-refractivity contribution in [2.75, 3.05) is 20.1 Å². The van der Waals surface area contributed by atoms with Crippen LogP contribution in [0.5, 0.6) is 0 Å². The average molecular weight is 441 g/mol. The fourth-order valence-electron chi connectivity index (χ4n) is 3.46. The number of hydrogen-bond acceptors (Lipinski definition) is 1. The monoisotopic (exact) mass is 441 g/mol. The second-order valence-electron chi connectivity index (χ2n) is 7.46. The highest BCUT2D eigenvalue weighted by atomic mass is 127. The summed E-state index contributed by atoms with van der Waals surface area (Å²) in [4.78, 5) is 0. The predicted octanol–water partition coefficient (Wildman–Crippen LogP) is 0.947. The van der Waals surface area contributed by atoms with Crippen molar-refractivity contribution < 1.29 is 33.6 Å². The molecule has 2 atom stereocenters. The van der Waals surface area contributed by atoms with Crippen LogP contribution in [-0.4, -0.2) is 35.8 Å². The quantitative estimate of drug-likeness (QED) is 0.410. The molecule has 0 heterocycles. The fourth-order valence-corrected chi connectivity index (χ4v) is 3.46. The van der Waals surface area contributed by atoms with Gasteiger partial charge in [-0.15, -0.1) is 0 Å². The minimum absolute atomic E-state index is 0. The first-order valence-electron chi connectivity index (χ1n) is 9.04. The van der Waals surface area contributed by atoms with E-state index < -0.39 is 5.60 Å². The minimum atomic E-state index is -0.993. The maximum Gasteiger partial charge on any atom is 0.153 e. The zero-order valence-corrected chi connectivity index (χ0v) is 17.7. The third-order valence-electron chi connectivity index (χ3n) is 5.85. The van der Waals surface area contributed by atoms with E-state index in [4.69, 9.17) is 0 Å². The van der Waals surface area contributed by atoms with Crippen molar-refractivity contribution in [1.82, 2.24) is 0 Å².